The first kappa shape index (κ1) is 17.9. The molecule has 0 aromatic heterocycles. The number of rotatable bonds is 2. The van der Waals surface area contributed by atoms with E-state index in [9.17, 15) is 13.2 Å². The summed E-state index contributed by atoms with van der Waals surface area (Å²) in [4.78, 5) is 13.8. The van der Waals surface area contributed by atoms with Gasteiger partial charge in [0.25, 0.3) is 0 Å². The van der Waals surface area contributed by atoms with Crippen LogP contribution in [0.4, 0.5) is 0 Å². The summed E-state index contributed by atoms with van der Waals surface area (Å²) in [6.07, 6.45) is 3.52. The van der Waals surface area contributed by atoms with Crippen molar-refractivity contribution in [3.05, 3.63) is 29.3 Å². The number of benzene rings is 1. The molecule has 2 N–H and O–H groups in total. The van der Waals surface area contributed by atoms with Crippen molar-refractivity contribution in [2.45, 2.75) is 43.5 Å². The van der Waals surface area contributed by atoms with Crippen LogP contribution in [0.1, 0.15) is 30.9 Å². The van der Waals surface area contributed by atoms with E-state index < -0.39 is 10.0 Å². The predicted molar refractivity (Wildman–Crippen MR) is 99.1 cm³/mol. The number of nitrogens with two attached hydrogens (primary N) is 1. The van der Waals surface area contributed by atoms with Crippen LogP contribution in [0.25, 0.3) is 0 Å². The van der Waals surface area contributed by atoms with Gasteiger partial charge in [-0.2, -0.15) is 4.31 Å². The maximum Gasteiger partial charge on any atom is 0.243 e. The molecular weight excluding hydrogens is 350 g/mol. The molecule has 2 fully saturated rings. The van der Waals surface area contributed by atoms with E-state index in [0.717, 1.165) is 30.4 Å². The highest BCUT2D eigenvalue weighted by Gasteiger charge is 2.45. The second-order valence-corrected chi connectivity index (χ2v) is 9.86. The van der Waals surface area contributed by atoms with Crippen molar-refractivity contribution in [3.8, 4) is 0 Å². The van der Waals surface area contributed by atoms with Crippen LogP contribution in [0.5, 0.6) is 0 Å². The van der Waals surface area contributed by atoms with E-state index in [0.29, 0.717) is 49.3 Å². The molecule has 1 saturated carbocycles. The number of fused-ring (bicyclic) bond motifs is 2. The topological polar surface area (TPSA) is 83.7 Å². The Morgan fingerprint density at radius 1 is 1.12 bits per heavy atom. The monoisotopic (exact) mass is 377 g/mol. The van der Waals surface area contributed by atoms with E-state index in [4.69, 9.17) is 5.73 Å². The first-order chi connectivity index (χ1) is 12.4. The zero-order valence-corrected chi connectivity index (χ0v) is 16.0. The minimum absolute atomic E-state index is 0.0746. The third kappa shape index (κ3) is 3.06. The minimum Gasteiger partial charge on any atom is -0.342 e. The standard InChI is InChI=1S/C19H27N3O3S/c1-13(23)21-8-6-14-2-4-17(10-15(14)7-9-21)26(24,25)22-11-16-3-5-19(20)18(16)12-22/h2,4,10,16,18-19H,3,5-9,11-12,20H2,1H3. The van der Waals surface area contributed by atoms with Gasteiger partial charge in [-0.05, 0) is 60.8 Å². The van der Waals surface area contributed by atoms with E-state index >= 15 is 0 Å². The smallest absolute Gasteiger partial charge is 0.243 e. The average Bonchev–Trinajstić information content (AvgIpc) is 3.10. The summed E-state index contributed by atoms with van der Waals surface area (Å²) in [5.74, 6) is 0.782. The fourth-order valence-corrected chi connectivity index (χ4v) is 6.37. The van der Waals surface area contributed by atoms with Crippen molar-refractivity contribution >= 4 is 15.9 Å². The van der Waals surface area contributed by atoms with Gasteiger partial charge in [-0.3, -0.25) is 4.79 Å². The molecule has 6 nitrogen and oxygen atoms in total. The van der Waals surface area contributed by atoms with Crippen molar-refractivity contribution in [1.29, 1.82) is 0 Å². The lowest BCUT2D eigenvalue weighted by atomic mass is 9.98. The third-order valence-corrected chi connectivity index (χ3v) is 8.27. The zero-order chi connectivity index (χ0) is 18.5. The summed E-state index contributed by atoms with van der Waals surface area (Å²) in [5.41, 5.74) is 8.35. The van der Waals surface area contributed by atoms with Crippen molar-refractivity contribution in [3.63, 3.8) is 0 Å². The minimum atomic E-state index is -3.48. The van der Waals surface area contributed by atoms with Crippen molar-refractivity contribution < 1.29 is 13.2 Å². The summed E-state index contributed by atoms with van der Waals surface area (Å²) in [7, 11) is -3.48. The molecule has 1 aliphatic carbocycles. The number of hydrogen-bond donors (Lipinski definition) is 1. The van der Waals surface area contributed by atoms with Gasteiger partial charge in [0, 0.05) is 39.1 Å². The molecular formula is C19H27N3O3S. The fourth-order valence-electron chi connectivity index (χ4n) is 4.79. The van der Waals surface area contributed by atoms with Crippen LogP contribution >= 0.6 is 0 Å². The molecule has 7 heteroatoms. The molecule has 4 rings (SSSR count). The van der Waals surface area contributed by atoms with Crippen molar-refractivity contribution in [2.24, 2.45) is 17.6 Å². The Bertz CT molecular complexity index is 823. The number of carbonyl (C=O) groups excluding carboxylic acids is 1. The predicted octanol–water partition coefficient (Wildman–Crippen LogP) is 0.992. The van der Waals surface area contributed by atoms with E-state index in [2.05, 4.69) is 0 Å². The Balaban J connectivity index is 1.56. The molecule has 0 bridgehead atoms. The number of nitrogens with zero attached hydrogens (tertiary/aromatic N) is 2. The van der Waals surface area contributed by atoms with Gasteiger partial charge in [-0.25, -0.2) is 8.42 Å². The lowest BCUT2D eigenvalue weighted by Crippen LogP contribution is -2.33. The molecule has 1 aromatic carbocycles. The highest BCUT2D eigenvalue weighted by atomic mass is 32.2. The van der Waals surface area contributed by atoms with Gasteiger partial charge in [0.05, 0.1) is 4.90 Å². The number of carbonyl (C=O) groups is 1. The second kappa shape index (κ2) is 6.62. The maximum atomic E-state index is 13.1. The molecule has 2 aliphatic heterocycles. The van der Waals surface area contributed by atoms with Gasteiger partial charge in [0.15, 0.2) is 0 Å². The summed E-state index contributed by atoms with van der Waals surface area (Å²) in [6, 6.07) is 5.60. The number of hydrogen-bond acceptors (Lipinski definition) is 4. The van der Waals surface area contributed by atoms with E-state index in [-0.39, 0.29) is 11.9 Å². The van der Waals surface area contributed by atoms with Gasteiger partial charge >= 0.3 is 0 Å². The van der Waals surface area contributed by atoms with Gasteiger partial charge in [0.2, 0.25) is 15.9 Å². The third-order valence-electron chi connectivity index (χ3n) is 6.44. The molecule has 2 heterocycles. The van der Waals surface area contributed by atoms with Crippen molar-refractivity contribution in [1.82, 2.24) is 9.21 Å². The molecule has 0 radical (unpaired) electrons. The van der Waals surface area contributed by atoms with Crippen LogP contribution in [0.3, 0.4) is 0 Å². The Morgan fingerprint density at radius 2 is 1.85 bits per heavy atom. The van der Waals surface area contributed by atoms with Crippen LogP contribution in [0.2, 0.25) is 0 Å². The summed E-state index contributed by atoms with van der Waals surface area (Å²) in [5, 5.41) is 0. The average molecular weight is 378 g/mol. The maximum absolute atomic E-state index is 13.1. The first-order valence-electron chi connectivity index (χ1n) is 9.49. The van der Waals surface area contributed by atoms with Crippen LogP contribution in [-0.4, -0.2) is 55.8 Å². The van der Waals surface area contributed by atoms with Crippen LogP contribution in [-0.2, 0) is 27.7 Å². The Morgan fingerprint density at radius 3 is 2.54 bits per heavy atom. The molecule has 1 saturated heterocycles. The molecule has 142 valence electrons. The Kier molecular flexibility index (Phi) is 4.57. The van der Waals surface area contributed by atoms with Gasteiger partial charge in [-0.1, -0.05) is 6.07 Å². The van der Waals surface area contributed by atoms with E-state index in [1.165, 1.54) is 0 Å². The lowest BCUT2D eigenvalue weighted by molar-refractivity contribution is -0.128. The largest absolute Gasteiger partial charge is 0.342 e. The molecule has 3 unspecified atom stereocenters. The summed E-state index contributed by atoms with van der Waals surface area (Å²) in [6.45, 7) is 4.07. The fraction of sp³-hybridized carbons (Fsp3) is 0.632. The SMILES string of the molecule is CC(=O)N1CCc2ccc(S(=O)(=O)N3CC4CCC(N)C4C3)cc2CC1. The summed E-state index contributed by atoms with van der Waals surface area (Å²) >= 11 is 0. The normalized spacial score (nSPS) is 29.3. The number of sulfonamides is 1. The van der Waals surface area contributed by atoms with E-state index in [1.54, 1.807) is 17.3 Å². The van der Waals surface area contributed by atoms with Crippen molar-refractivity contribution in [2.75, 3.05) is 26.2 Å². The van der Waals surface area contributed by atoms with Crippen LogP contribution in [0, 0.1) is 11.8 Å². The highest BCUT2D eigenvalue weighted by molar-refractivity contribution is 7.89. The van der Waals surface area contributed by atoms with Crippen LogP contribution < -0.4 is 5.73 Å². The zero-order valence-electron chi connectivity index (χ0n) is 15.2. The molecule has 0 spiro atoms. The molecule has 26 heavy (non-hydrogen) atoms. The molecule has 1 amide bonds. The lowest BCUT2D eigenvalue weighted by Gasteiger charge is -2.19. The van der Waals surface area contributed by atoms with E-state index in [1.807, 2.05) is 17.0 Å². The Hall–Kier alpha value is -1.44. The highest BCUT2D eigenvalue weighted by Crippen LogP contribution is 2.39. The van der Waals surface area contributed by atoms with Gasteiger partial charge < -0.3 is 10.6 Å². The van der Waals surface area contributed by atoms with Crippen LogP contribution in [0.15, 0.2) is 23.1 Å². The molecule has 3 atom stereocenters. The van der Waals surface area contributed by atoms with Gasteiger partial charge in [0.1, 0.15) is 0 Å². The molecule has 1 aromatic rings. The molecule has 3 aliphatic rings. The Labute approximate surface area is 155 Å². The number of amides is 1. The summed E-state index contributed by atoms with van der Waals surface area (Å²) < 4.78 is 27.9. The second-order valence-electron chi connectivity index (χ2n) is 7.92. The quantitative estimate of drug-likeness (QED) is 0.833. The van der Waals surface area contributed by atoms with Gasteiger partial charge in [-0.15, -0.1) is 0 Å². The first-order valence-corrected chi connectivity index (χ1v) is 10.9.